The van der Waals surface area contributed by atoms with Gasteiger partial charge in [0.1, 0.15) is 23.0 Å². The molecule has 1 aromatic heterocycles. The number of rotatable bonds is 2. The van der Waals surface area contributed by atoms with Gasteiger partial charge in [-0.3, -0.25) is 0 Å². The normalized spacial score (nSPS) is 11.1. The third-order valence-corrected chi connectivity index (χ3v) is 3.01. The standard InChI is InChI=1S/C15H11F2NO/c16-11-2-4-14-10(6-11)7-15(19-14)12-5-9(8-18)1-3-13(12)17/h1-7H,8,18H2. The molecule has 0 radical (unpaired) electrons. The van der Waals surface area contributed by atoms with Crippen LogP contribution in [-0.2, 0) is 6.54 Å². The predicted molar refractivity (Wildman–Crippen MR) is 69.5 cm³/mol. The van der Waals surface area contributed by atoms with Crippen molar-refractivity contribution in [3.63, 3.8) is 0 Å². The van der Waals surface area contributed by atoms with Gasteiger partial charge in [-0.2, -0.15) is 0 Å². The lowest BCUT2D eigenvalue weighted by atomic mass is 10.1. The molecule has 0 fully saturated rings. The second-order valence-corrected chi connectivity index (χ2v) is 4.31. The molecule has 2 aromatic carbocycles. The number of halogens is 2. The second-order valence-electron chi connectivity index (χ2n) is 4.31. The van der Waals surface area contributed by atoms with Crippen molar-refractivity contribution in [3.8, 4) is 11.3 Å². The van der Waals surface area contributed by atoms with Gasteiger partial charge in [0, 0.05) is 11.9 Å². The fourth-order valence-electron chi connectivity index (χ4n) is 2.04. The first kappa shape index (κ1) is 11.9. The Labute approximate surface area is 108 Å². The number of hydrogen-bond donors (Lipinski definition) is 1. The van der Waals surface area contributed by atoms with Gasteiger partial charge in [0.05, 0.1) is 5.56 Å². The van der Waals surface area contributed by atoms with Gasteiger partial charge in [-0.15, -0.1) is 0 Å². The van der Waals surface area contributed by atoms with Crippen LogP contribution in [0, 0.1) is 11.6 Å². The lowest BCUT2D eigenvalue weighted by molar-refractivity contribution is 0.599. The first-order valence-corrected chi connectivity index (χ1v) is 5.85. The second kappa shape index (κ2) is 4.48. The minimum atomic E-state index is -0.392. The Kier molecular flexibility index (Phi) is 2.80. The van der Waals surface area contributed by atoms with Crippen molar-refractivity contribution in [1.29, 1.82) is 0 Å². The molecule has 0 spiro atoms. The average Bonchev–Trinajstić information content (AvgIpc) is 2.82. The van der Waals surface area contributed by atoms with Crippen LogP contribution in [0.5, 0.6) is 0 Å². The van der Waals surface area contributed by atoms with Crippen LogP contribution < -0.4 is 5.73 Å². The monoisotopic (exact) mass is 259 g/mol. The quantitative estimate of drug-likeness (QED) is 0.759. The molecular formula is C15H11F2NO. The zero-order valence-corrected chi connectivity index (χ0v) is 9.99. The van der Waals surface area contributed by atoms with Gasteiger partial charge < -0.3 is 10.2 Å². The number of benzene rings is 2. The Morgan fingerprint density at radius 3 is 2.63 bits per heavy atom. The van der Waals surface area contributed by atoms with E-state index in [0.29, 0.717) is 28.8 Å². The molecule has 3 rings (SSSR count). The van der Waals surface area contributed by atoms with Crippen LogP contribution in [0.25, 0.3) is 22.3 Å². The van der Waals surface area contributed by atoms with Crippen molar-refractivity contribution < 1.29 is 13.2 Å². The van der Waals surface area contributed by atoms with Crippen LogP contribution in [0.15, 0.2) is 46.9 Å². The Balaban J connectivity index is 2.18. The van der Waals surface area contributed by atoms with E-state index >= 15 is 0 Å². The topological polar surface area (TPSA) is 39.2 Å². The number of fused-ring (bicyclic) bond motifs is 1. The van der Waals surface area contributed by atoms with Gasteiger partial charge >= 0.3 is 0 Å². The molecule has 0 amide bonds. The number of nitrogens with two attached hydrogens (primary N) is 1. The minimum Gasteiger partial charge on any atom is -0.456 e. The van der Waals surface area contributed by atoms with Crippen molar-refractivity contribution >= 4 is 11.0 Å². The third-order valence-electron chi connectivity index (χ3n) is 3.01. The van der Waals surface area contributed by atoms with Gasteiger partial charge in [0.2, 0.25) is 0 Å². The van der Waals surface area contributed by atoms with E-state index in [9.17, 15) is 8.78 Å². The van der Waals surface area contributed by atoms with Gasteiger partial charge in [-0.05, 0) is 42.0 Å². The van der Waals surface area contributed by atoms with E-state index in [2.05, 4.69) is 0 Å². The molecule has 2 nitrogen and oxygen atoms in total. The summed E-state index contributed by atoms with van der Waals surface area (Å²) in [7, 11) is 0. The zero-order chi connectivity index (χ0) is 13.4. The largest absolute Gasteiger partial charge is 0.456 e. The molecule has 96 valence electrons. The van der Waals surface area contributed by atoms with E-state index < -0.39 is 5.82 Å². The highest BCUT2D eigenvalue weighted by Gasteiger charge is 2.12. The van der Waals surface area contributed by atoms with Crippen LogP contribution >= 0.6 is 0 Å². The SMILES string of the molecule is NCc1ccc(F)c(-c2cc3cc(F)ccc3o2)c1. The van der Waals surface area contributed by atoms with Crippen molar-refractivity contribution in [3.05, 3.63) is 59.7 Å². The first-order valence-electron chi connectivity index (χ1n) is 5.85. The molecule has 0 aliphatic rings. The van der Waals surface area contributed by atoms with E-state index in [4.69, 9.17) is 10.2 Å². The van der Waals surface area contributed by atoms with E-state index in [0.717, 1.165) is 5.56 Å². The molecule has 0 saturated carbocycles. The van der Waals surface area contributed by atoms with E-state index in [1.54, 1.807) is 18.2 Å². The van der Waals surface area contributed by atoms with E-state index in [1.807, 2.05) is 0 Å². The van der Waals surface area contributed by atoms with Crippen LogP contribution in [0.1, 0.15) is 5.56 Å². The van der Waals surface area contributed by atoms with Gasteiger partial charge in [-0.25, -0.2) is 8.78 Å². The Bertz CT molecular complexity index is 749. The molecule has 4 heteroatoms. The van der Waals surface area contributed by atoms with Crippen molar-refractivity contribution in [1.82, 2.24) is 0 Å². The predicted octanol–water partition coefficient (Wildman–Crippen LogP) is 3.84. The summed E-state index contributed by atoms with van der Waals surface area (Å²) in [6, 6.07) is 10.4. The van der Waals surface area contributed by atoms with Crippen LogP contribution in [0.4, 0.5) is 8.78 Å². The summed E-state index contributed by atoms with van der Waals surface area (Å²) in [6.45, 7) is 0.322. The zero-order valence-electron chi connectivity index (χ0n) is 9.99. The summed E-state index contributed by atoms with van der Waals surface area (Å²) < 4.78 is 32.5. The number of hydrogen-bond acceptors (Lipinski definition) is 2. The highest BCUT2D eigenvalue weighted by Crippen LogP contribution is 2.30. The van der Waals surface area contributed by atoms with Gasteiger partial charge in [0.15, 0.2) is 0 Å². The van der Waals surface area contributed by atoms with Crippen molar-refractivity contribution in [2.45, 2.75) is 6.54 Å². The molecule has 0 unspecified atom stereocenters. The molecule has 19 heavy (non-hydrogen) atoms. The summed E-state index contributed by atoms with van der Waals surface area (Å²) in [5.74, 6) is -0.374. The smallest absolute Gasteiger partial charge is 0.138 e. The highest BCUT2D eigenvalue weighted by molar-refractivity contribution is 5.83. The van der Waals surface area contributed by atoms with Crippen LogP contribution in [-0.4, -0.2) is 0 Å². The molecule has 3 aromatic rings. The maximum absolute atomic E-state index is 13.8. The molecule has 0 bridgehead atoms. The molecule has 1 heterocycles. The van der Waals surface area contributed by atoms with Crippen molar-refractivity contribution in [2.75, 3.05) is 0 Å². The van der Waals surface area contributed by atoms with E-state index in [-0.39, 0.29) is 5.82 Å². The lowest BCUT2D eigenvalue weighted by Crippen LogP contribution is -1.97. The average molecular weight is 259 g/mol. The Morgan fingerprint density at radius 1 is 1.00 bits per heavy atom. The maximum atomic E-state index is 13.8. The minimum absolute atomic E-state index is 0.322. The van der Waals surface area contributed by atoms with Gasteiger partial charge in [0.25, 0.3) is 0 Å². The summed E-state index contributed by atoms with van der Waals surface area (Å²) in [4.78, 5) is 0. The number of furan rings is 1. The molecular weight excluding hydrogens is 248 g/mol. The van der Waals surface area contributed by atoms with Crippen LogP contribution in [0.2, 0.25) is 0 Å². The summed E-state index contributed by atoms with van der Waals surface area (Å²) in [5.41, 5.74) is 7.20. The summed E-state index contributed by atoms with van der Waals surface area (Å²) in [6.07, 6.45) is 0. The summed E-state index contributed by atoms with van der Waals surface area (Å²) in [5, 5.41) is 0.604. The lowest BCUT2D eigenvalue weighted by Gasteiger charge is -2.02. The molecule has 0 aliphatic heterocycles. The molecule has 0 saturated heterocycles. The van der Waals surface area contributed by atoms with E-state index in [1.165, 1.54) is 24.3 Å². The fraction of sp³-hybridized carbons (Fsp3) is 0.0667. The third kappa shape index (κ3) is 2.11. The molecule has 0 atom stereocenters. The van der Waals surface area contributed by atoms with Crippen LogP contribution in [0.3, 0.4) is 0 Å². The molecule has 2 N–H and O–H groups in total. The molecule has 0 aliphatic carbocycles. The van der Waals surface area contributed by atoms with Crippen molar-refractivity contribution in [2.24, 2.45) is 5.73 Å². The Morgan fingerprint density at radius 2 is 1.84 bits per heavy atom. The van der Waals surface area contributed by atoms with Gasteiger partial charge in [-0.1, -0.05) is 6.07 Å². The first-order chi connectivity index (χ1) is 9.17. The fourth-order valence-corrected chi connectivity index (χ4v) is 2.04. The maximum Gasteiger partial charge on any atom is 0.138 e. The summed E-state index contributed by atoms with van der Waals surface area (Å²) >= 11 is 0. The highest BCUT2D eigenvalue weighted by atomic mass is 19.1. The Hall–Kier alpha value is -2.20.